The van der Waals surface area contributed by atoms with Crippen LogP contribution in [-0.2, 0) is 0 Å². The summed E-state index contributed by atoms with van der Waals surface area (Å²) < 4.78 is 0. The molecule has 2 nitrogen and oxygen atoms in total. The second-order valence-corrected chi connectivity index (χ2v) is 5.12. The van der Waals surface area contributed by atoms with Crippen LogP contribution in [0.25, 0.3) is 0 Å². The molecule has 0 radical (unpaired) electrons. The van der Waals surface area contributed by atoms with E-state index in [0.29, 0.717) is 0 Å². The van der Waals surface area contributed by atoms with Gasteiger partial charge in [-0.2, -0.15) is 0 Å². The highest BCUT2D eigenvalue weighted by Crippen LogP contribution is 2.20. The molecule has 0 unspecified atom stereocenters. The van der Waals surface area contributed by atoms with Crippen LogP contribution in [0.5, 0.6) is 0 Å². The molecule has 1 aromatic carbocycles. The molecule has 2 aromatic rings. The number of amides is 1. The Bertz CT molecular complexity index is 557. The summed E-state index contributed by atoms with van der Waals surface area (Å²) in [6.07, 6.45) is 0. The molecule has 0 aliphatic heterocycles. The van der Waals surface area contributed by atoms with Gasteiger partial charge in [-0.25, -0.2) is 0 Å². The van der Waals surface area contributed by atoms with Crippen LogP contribution < -0.4 is 5.32 Å². The molecule has 17 heavy (non-hydrogen) atoms. The van der Waals surface area contributed by atoms with E-state index in [1.165, 1.54) is 16.9 Å². The lowest BCUT2D eigenvalue weighted by molar-refractivity contribution is 0.103. The summed E-state index contributed by atoms with van der Waals surface area (Å²) in [6.45, 7) is 6.00. The second-order valence-electron chi connectivity index (χ2n) is 4.21. The highest BCUT2D eigenvalue weighted by molar-refractivity contribution is 7.12. The number of aryl methyl sites for hydroxylation is 3. The fourth-order valence-electron chi connectivity index (χ4n) is 1.74. The Balaban J connectivity index is 2.22. The SMILES string of the molecule is Cc1ccc(NC(=O)c2sccc2C)c(C)c1. The van der Waals surface area contributed by atoms with Crippen molar-refractivity contribution in [2.24, 2.45) is 0 Å². The summed E-state index contributed by atoms with van der Waals surface area (Å²) >= 11 is 1.47. The highest BCUT2D eigenvalue weighted by atomic mass is 32.1. The standard InChI is InChI=1S/C14H15NOS/c1-9-4-5-12(11(3)8-9)15-14(16)13-10(2)6-7-17-13/h4-8H,1-3H3,(H,15,16). The lowest BCUT2D eigenvalue weighted by atomic mass is 10.1. The molecule has 0 saturated heterocycles. The Hall–Kier alpha value is -1.61. The van der Waals surface area contributed by atoms with Crippen LogP contribution in [0.1, 0.15) is 26.4 Å². The number of carbonyl (C=O) groups excluding carboxylic acids is 1. The first-order valence-electron chi connectivity index (χ1n) is 5.50. The fourth-order valence-corrected chi connectivity index (χ4v) is 2.56. The van der Waals surface area contributed by atoms with Crippen molar-refractivity contribution in [2.45, 2.75) is 20.8 Å². The summed E-state index contributed by atoms with van der Waals surface area (Å²) in [4.78, 5) is 12.8. The van der Waals surface area contributed by atoms with E-state index < -0.39 is 0 Å². The zero-order chi connectivity index (χ0) is 12.4. The van der Waals surface area contributed by atoms with E-state index in [2.05, 4.69) is 11.4 Å². The van der Waals surface area contributed by atoms with Crippen LogP contribution in [0, 0.1) is 20.8 Å². The third-order valence-electron chi connectivity index (χ3n) is 2.70. The van der Waals surface area contributed by atoms with Gasteiger partial charge in [0, 0.05) is 5.69 Å². The topological polar surface area (TPSA) is 29.1 Å². The molecule has 3 heteroatoms. The summed E-state index contributed by atoms with van der Waals surface area (Å²) in [5, 5.41) is 4.89. The number of carbonyl (C=O) groups is 1. The first kappa shape index (κ1) is 11.9. The predicted octanol–water partition coefficient (Wildman–Crippen LogP) is 3.93. The van der Waals surface area contributed by atoms with Gasteiger partial charge in [-0.1, -0.05) is 17.7 Å². The molecule has 0 fully saturated rings. The molecule has 0 aliphatic rings. The monoisotopic (exact) mass is 245 g/mol. The minimum Gasteiger partial charge on any atom is -0.321 e. The van der Waals surface area contributed by atoms with Gasteiger partial charge in [0.2, 0.25) is 0 Å². The average Bonchev–Trinajstić information content (AvgIpc) is 2.68. The third kappa shape index (κ3) is 2.56. The minimum absolute atomic E-state index is 0.0237. The van der Waals surface area contributed by atoms with Crippen LogP contribution >= 0.6 is 11.3 Å². The smallest absolute Gasteiger partial charge is 0.266 e. The highest BCUT2D eigenvalue weighted by Gasteiger charge is 2.11. The Morgan fingerprint density at radius 1 is 1.12 bits per heavy atom. The molecule has 2 rings (SSSR count). The number of thiophene rings is 1. The maximum absolute atomic E-state index is 12.0. The number of benzene rings is 1. The van der Waals surface area contributed by atoms with E-state index in [-0.39, 0.29) is 5.91 Å². The van der Waals surface area contributed by atoms with Gasteiger partial charge in [0.05, 0.1) is 4.88 Å². The van der Waals surface area contributed by atoms with Gasteiger partial charge in [-0.05, 0) is 49.4 Å². The van der Waals surface area contributed by atoms with Crippen LogP contribution in [0.2, 0.25) is 0 Å². The van der Waals surface area contributed by atoms with Gasteiger partial charge < -0.3 is 5.32 Å². The maximum Gasteiger partial charge on any atom is 0.266 e. The molecule has 1 N–H and O–H groups in total. The average molecular weight is 245 g/mol. The normalized spacial score (nSPS) is 10.3. The van der Waals surface area contributed by atoms with Gasteiger partial charge in [-0.15, -0.1) is 11.3 Å². The van der Waals surface area contributed by atoms with Crippen molar-refractivity contribution in [3.63, 3.8) is 0 Å². The lowest BCUT2D eigenvalue weighted by Crippen LogP contribution is -2.12. The predicted molar refractivity (Wildman–Crippen MR) is 72.9 cm³/mol. The number of anilines is 1. The Labute approximate surface area is 105 Å². The Kier molecular flexibility index (Phi) is 3.29. The summed E-state index contributed by atoms with van der Waals surface area (Å²) in [5.74, 6) is -0.0237. The molecular weight excluding hydrogens is 230 g/mol. The summed E-state index contributed by atoms with van der Waals surface area (Å²) in [5.41, 5.74) is 4.20. The Morgan fingerprint density at radius 2 is 1.88 bits per heavy atom. The van der Waals surface area contributed by atoms with Gasteiger partial charge in [0.25, 0.3) is 5.91 Å². The molecule has 0 saturated carbocycles. The van der Waals surface area contributed by atoms with E-state index in [4.69, 9.17) is 0 Å². The third-order valence-corrected chi connectivity index (χ3v) is 3.71. The van der Waals surface area contributed by atoms with Gasteiger partial charge in [0.15, 0.2) is 0 Å². The zero-order valence-corrected chi connectivity index (χ0v) is 11.0. The fraction of sp³-hybridized carbons (Fsp3) is 0.214. The zero-order valence-electron chi connectivity index (χ0n) is 10.2. The van der Waals surface area contributed by atoms with Crippen molar-refractivity contribution in [2.75, 3.05) is 5.32 Å². The van der Waals surface area contributed by atoms with Gasteiger partial charge in [0.1, 0.15) is 0 Å². The molecule has 0 spiro atoms. The van der Waals surface area contributed by atoms with Crippen molar-refractivity contribution < 1.29 is 4.79 Å². The van der Waals surface area contributed by atoms with Crippen molar-refractivity contribution in [3.05, 3.63) is 51.2 Å². The molecule has 1 aromatic heterocycles. The molecule has 0 bridgehead atoms. The van der Waals surface area contributed by atoms with Crippen LogP contribution in [-0.4, -0.2) is 5.91 Å². The molecular formula is C14H15NOS. The lowest BCUT2D eigenvalue weighted by Gasteiger charge is -2.08. The van der Waals surface area contributed by atoms with Crippen LogP contribution in [0.4, 0.5) is 5.69 Å². The van der Waals surface area contributed by atoms with E-state index in [0.717, 1.165) is 21.7 Å². The molecule has 0 aliphatic carbocycles. The molecule has 0 atom stereocenters. The largest absolute Gasteiger partial charge is 0.321 e. The first-order valence-corrected chi connectivity index (χ1v) is 6.38. The Morgan fingerprint density at radius 3 is 2.47 bits per heavy atom. The second kappa shape index (κ2) is 4.72. The van der Waals surface area contributed by atoms with Crippen LogP contribution in [0.15, 0.2) is 29.6 Å². The molecule has 88 valence electrons. The van der Waals surface area contributed by atoms with E-state index in [1.54, 1.807) is 0 Å². The number of hydrogen-bond acceptors (Lipinski definition) is 2. The minimum atomic E-state index is -0.0237. The number of nitrogens with one attached hydrogen (secondary N) is 1. The molecule has 1 amide bonds. The van der Waals surface area contributed by atoms with E-state index in [9.17, 15) is 4.79 Å². The summed E-state index contributed by atoms with van der Waals surface area (Å²) in [7, 11) is 0. The summed E-state index contributed by atoms with van der Waals surface area (Å²) in [6, 6.07) is 7.98. The maximum atomic E-state index is 12.0. The van der Waals surface area contributed by atoms with E-state index >= 15 is 0 Å². The van der Waals surface area contributed by atoms with Crippen molar-refractivity contribution in [1.29, 1.82) is 0 Å². The van der Waals surface area contributed by atoms with E-state index in [1.807, 2.05) is 44.4 Å². The van der Waals surface area contributed by atoms with Crippen molar-refractivity contribution in [1.82, 2.24) is 0 Å². The van der Waals surface area contributed by atoms with Gasteiger partial charge in [-0.3, -0.25) is 4.79 Å². The molecule has 1 heterocycles. The number of rotatable bonds is 2. The van der Waals surface area contributed by atoms with Crippen LogP contribution in [0.3, 0.4) is 0 Å². The quantitative estimate of drug-likeness (QED) is 0.853. The number of hydrogen-bond donors (Lipinski definition) is 1. The first-order chi connectivity index (χ1) is 8.08. The van der Waals surface area contributed by atoms with Gasteiger partial charge >= 0.3 is 0 Å². The van der Waals surface area contributed by atoms with Crippen molar-refractivity contribution in [3.8, 4) is 0 Å². The van der Waals surface area contributed by atoms with Crippen molar-refractivity contribution >= 4 is 22.9 Å².